The van der Waals surface area contributed by atoms with Crippen LogP contribution in [-0.2, 0) is 13.0 Å². The van der Waals surface area contributed by atoms with Crippen molar-refractivity contribution >= 4 is 45.9 Å². The van der Waals surface area contributed by atoms with Gasteiger partial charge in [0.15, 0.2) is 5.65 Å². The summed E-state index contributed by atoms with van der Waals surface area (Å²) < 4.78 is 2.59. The maximum Gasteiger partial charge on any atom is 0.215 e. The molecule has 4 rings (SSSR count). The predicted molar refractivity (Wildman–Crippen MR) is 100 cm³/mol. The molecule has 0 aliphatic carbocycles. The number of nitrogens with zero attached hydrogens (tertiary/aromatic N) is 3. The molecule has 6 heteroatoms. The van der Waals surface area contributed by atoms with Crippen molar-refractivity contribution in [2.45, 2.75) is 19.9 Å². The number of halogens is 1. The van der Waals surface area contributed by atoms with Crippen LogP contribution in [-0.4, -0.2) is 19.7 Å². The Morgan fingerprint density at radius 3 is 2.71 bits per heavy atom. The summed E-state index contributed by atoms with van der Waals surface area (Å²) in [5.41, 5.74) is 5.25. The van der Waals surface area contributed by atoms with Gasteiger partial charge in [-0.2, -0.15) is 10.1 Å². The molecule has 0 bridgehead atoms. The minimum Gasteiger partial charge on any atom is -0.319 e. The Morgan fingerprint density at radius 1 is 1.17 bits per heavy atom. The van der Waals surface area contributed by atoms with Gasteiger partial charge in [-0.25, -0.2) is 0 Å². The summed E-state index contributed by atoms with van der Waals surface area (Å²) in [6.45, 7) is 2.85. The molecule has 4 aromatic rings. The van der Waals surface area contributed by atoms with E-state index in [1.54, 1.807) is 0 Å². The van der Waals surface area contributed by atoms with E-state index in [0.29, 0.717) is 11.3 Å². The van der Waals surface area contributed by atoms with E-state index in [1.165, 1.54) is 11.1 Å². The summed E-state index contributed by atoms with van der Waals surface area (Å²) in [5.74, 6) is 0. The number of aromatic nitrogens is 4. The standard InChI is InChI=1S/C18H15ClN4S/c1-2-12-4-3-5-14-15-17(20-18(24)22-21-15)23(16(12)14)10-11-6-8-13(19)9-7-11/h3-9H,2,10H2,1H3,(H,20,22,24). The molecule has 0 saturated heterocycles. The van der Waals surface area contributed by atoms with E-state index in [1.807, 2.05) is 24.3 Å². The number of benzene rings is 2. The smallest absolute Gasteiger partial charge is 0.215 e. The SMILES string of the molecule is CCc1cccc2c3n[nH]c(=S)nc3n(Cc3ccc(Cl)cc3)c12. The van der Waals surface area contributed by atoms with Crippen molar-refractivity contribution in [3.8, 4) is 0 Å². The van der Waals surface area contributed by atoms with Crippen LogP contribution in [0.4, 0.5) is 0 Å². The first-order chi connectivity index (χ1) is 11.7. The van der Waals surface area contributed by atoms with Crippen LogP contribution in [0.1, 0.15) is 18.1 Å². The zero-order valence-corrected chi connectivity index (χ0v) is 14.7. The lowest BCUT2D eigenvalue weighted by molar-refractivity contribution is 0.840. The predicted octanol–water partition coefficient (Wildman–Crippen LogP) is 4.91. The summed E-state index contributed by atoms with van der Waals surface area (Å²) in [5, 5.41) is 9.07. The molecule has 1 N–H and O–H groups in total. The van der Waals surface area contributed by atoms with Crippen molar-refractivity contribution < 1.29 is 0 Å². The fraction of sp³-hybridized carbons (Fsp3) is 0.167. The molecule has 24 heavy (non-hydrogen) atoms. The Hall–Kier alpha value is -2.24. The minimum atomic E-state index is 0.390. The molecule has 0 saturated carbocycles. The van der Waals surface area contributed by atoms with Gasteiger partial charge < -0.3 is 4.57 Å². The number of hydrogen-bond donors (Lipinski definition) is 1. The topological polar surface area (TPSA) is 46.5 Å². The van der Waals surface area contributed by atoms with Crippen LogP contribution in [0, 0.1) is 4.77 Å². The second kappa shape index (κ2) is 6.00. The van der Waals surface area contributed by atoms with Gasteiger partial charge in [0.25, 0.3) is 0 Å². The van der Waals surface area contributed by atoms with Crippen molar-refractivity contribution in [2.24, 2.45) is 0 Å². The quantitative estimate of drug-likeness (QED) is 0.532. The fourth-order valence-electron chi connectivity index (χ4n) is 3.12. The molecule has 0 unspecified atom stereocenters. The Balaban J connectivity index is 2.04. The van der Waals surface area contributed by atoms with Crippen LogP contribution in [0.25, 0.3) is 22.1 Å². The lowest BCUT2D eigenvalue weighted by Gasteiger charge is -2.09. The molecule has 0 fully saturated rings. The van der Waals surface area contributed by atoms with E-state index in [9.17, 15) is 0 Å². The van der Waals surface area contributed by atoms with Crippen molar-refractivity contribution in [3.05, 3.63) is 63.4 Å². The van der Waals surface area contributed by atoms with E-state index in [4.69, 9.17) is 23.8 Å². The Labute approximate surface area is 149 Å². The van der Waals surface area contributed by atoms with Gasteiger partial charge in [0.2, 0.25) is 4.77 Å². The Morgan fingerprint density at radius 2 is 1.96 bits per heavy atom. The van der Waals surface area contributed by atoms with Crippen molar-refractivity contribution in [1.29, 1.82) is 0 Å². The third kappa shape index (κ3) is 2.50. The van der Waals surface area contributed by atoms with Gasteiger partial charge in [0, 0.05) is 17.0 Å². The Kier molecular flexibility index (Phi) is 3.82. The van der Waals surface area contributed by atoms with Crippen LogP contribution in [0.5, 0.6) is 0 Å². The highest BCUT2D eigenvalue weighted by Gasteiger charge is 2.16. The molecule has 120 valence electrons. The molecular weight excluding hydrogens is 340 g/mol. The van der Waals surface area contributed by atoms with Gasteiger partial charge in [-0.05, 0) is 41.9 Å². The van der Waals surface area contributed by atoms with Crippen LogP contribution in [0.15, 0.2) is 42.5 Å². The maximum atomic E-state index is 6.01. The molecule has 2 aromatic heterocycles. The van der Waals surface area contributed by atoms with E-state index in [0.717, 1.165) is 33.6 Å². The molecule has 0 radical (unpaired) electrons. The molecule has 0 spiro atoms. The molecule has 2 aromatic carbocycles. The lowest BCUT2D eigenvalue weighted by atomic mass is 10.1. The van der Waals surface area contributed by atoms with Crippen LogP contribution >= 0.6 is 23.8 Å². The van der Waals surface area contributed by atoms with Gasteiger partial charge in [0.1, 0.15) is 5.52 Å². The van der Waals surface area contributed by atoms with Crippen molar-refractivity contribution in [1.82, 2.24) is 19.7 Å². The number of rotatable bonds is 3. The number of para-hydroxylation sites is 1. The Bertz CT molecular complexity index is 1100. The normalized spacial score (nSPS) is 11.4. The second-order valence-corrected chi connectivity index (χ2v) is 6.52. The average molecular weight is 355 g/mol. The van der Waals surface area contributed by atoms with Gasteiger partial charge >= 0.3 is 0 Å². The number of fused-ring (bicyclic) bond motifs is 3. The first-order valence-corrected chi connectivity index (χ1v) is 8.57. The van der Waals surface area contributed by atoms with Gasteiger partial charge in [-0.1, -0.05) is 48.9 Å². The second-order valence-electron chi connectivity index (χ2n) is 5.69. The van der Waals surface area contributed by atoms with Crippen LogP contribution in [0.2, 0.25) is 5.02 Å². The average Bonchev–Trinajstić information content (AvgIpc) is 2.90. The molecular formula is C18H15ClN4S. The summed E-state index contributed by atoms with van der Waals surface area (Å²) in [4.78, 5) is 4.54. The highest BCUT2D eigenvalue weighted by Crippen LogP contribution is 2.29. The van der Waals surface area contributed by atoms with Crippen molar-refractivity contribution in [2.75, 3.05) is 0 Å². The number of hydrogen-bond acceptors (Lipinski definition) is 3. The van der Waals surface area contributed by atoms with Crippen molar-refractivity contribution in [3.63, 3.8) is 0 Å². The molecule has 0 atom stereocenters. The van der Waals surface area contributed by atoms with E-state index in [2.05, 4.69) is 44.9 Å². The third-order valence-electron chi connectivity index (χ3n) is 4.22. The highest BCUT2D eigenvalue weighted by molar-refractivity contribution is 7.71. The van der Waals surface area contributed by atoms with Crippen LogP contribution in [0.3, 0.4) is 0 Å². The minimum absolute atomic E-state index is 0.390. The summed E-state index contributed by atoms with van der Waals surface area (Å²) >= 11 is 11.2. The highest BCUT2D eigenvalue weighted by atomic mass is 35.5. The number of H-pyrrole nitrogens is 1. The van der Waals surface area contributed by atoms with Gasteiger partial charge in [-0.15, -0.1) is 0 Å². The lowest BCUT2D eigenvalue weighted by Crippen LogP contribution is -2.03. The molecule has 0 amide bonds. The zero-order valence-electron chi connectivity index (χ0n) is 13.1. The molecule has 0 aliphatic heterocycles. The molecule has 4 nitrogen and oxygen atoms in total. The largest absolute Gasteiger partial charge is 0.319 e. The number of aryl methyl sites for hydroxylation is 1. The monoisotopic (exact) mass is 354 g/mol. The third-order valence-corrected chi connectivity index (χ3v) is 4.65. The summed E-state index contributed by atoms with van der Waals surface area (Å²) in [6.07, 6.45) is 0.943. The summed E-state index contributed by atoms with van der Waals surface area (Å²) in [6, 6.07) is 14.2. The number of aromatic amines is 1. The zero-order chi connectivity index (χ0) is 16.7. The first kappa shape index (κ1) is 15.3. The van der Waals surface area contributed by atoms with Crippen LogP contribution < -0.4 is 0 Å². The maximum absolute atomic E-state index is 6.01. The number of nitrogens with one attached hydrogen (secondary N) is 1. The summed E-state index contributed by atoms with van der Waals surface area (Å²) in [7, 11) is 0. The fourth-order valence-corrected chi connectivity index (χ4v) is 3.37. The van der Waals surface area contributed by atoms with E-state index < -0.39 is 0 Å². The van der Waals surface area contributed by atoms with Gasteiger partial charge in [-0.3, -0.25) is 5.10 Å². The first-order valence-electron chi connectivity index (χ1n) is 7.78. The van der Waals surface area contributed by atoms with E-state index >= 15 is 0 Å². The molecule has 0 aliphatic rings. The van der Waals surface area contributed by atoms with Gasteiger partial charge in [0.05, 0.1) is 5.52 Å². The molecule has 2 heterocycles. The van der Waals surface area contributed by atoms with E-state index in [-0.39, 0.29) is 0 Å².